The van der Waals surface area contributed by atoms with Gasteiger partial charge < -0.3 is 15.8 Å². The molecule has 3 N–H and O–H groups in total. The number of rotatable bonds is 9. The molecule has 136 valence electrons. The quantitative estimate of drug-likeness (QED) is 0.518. The number of amidine groups is 1. The molecule has 1 aromatic rings. The fraction of sp³-hybridized carbons (Fsp3) is 0.474. The van der Waals surface area contributed by atoms with E-state index < -0.39 is 0 Å². The summed E-state index contributed by atoms with van der Waals surface area (Å²) in [6.07, 6.45) is 6.22. The maximum atomic E-state index is 6.21. The second kappa shape index (κ2) is 10.0. The molecule has 0 saturated heterocycles. The van der Waals surface area contributed by atoms with E-state index >= 15 is 0 Å². The summed E-state index contributed by atoms with van der Waals surface area (Å²) in [7, 11) is 0. The van der Waals surface area contributed by atoms with Gasteiger partial charge in [0.15, 0.2) is 0 Å². The van der Waals surface area contributed by atoms with Gasteiger partial charge in [0, 0.05) is 6.54 Å². The lowest BCUT2D eigenvalue weighted by Gasteiger charge is -2.29. The van der Waals surface area contributed by atoms with E-state index in [-0.39, 0.29) is 5.92 Å². The highest BCUT2D eigenvalue weighted by Gasteiger charge is 2.27. The normalized spacial score (nSPS) is 16.9. The number of hydrogen-bond donors (Lipinski definition) is 2. The second-order valence-electron chi connectivity index (χ2n) is 6.00. The van der Waals surface area contributed by atoms with Crippen LogP contribution in [0.15, 0.2) is 47.4 Å². The second-order valence-corrected chi connectivity index (χ2v) is 6.44. The standard InChI is InChI=1S/C19H28N4OS/c1-3-5-12-21-19(25)16-14-17(24-13-6-4-2)23(22-18(16)20)15-10-8-7-9-11-15/h7-11,14,16H,3-6,12-13H2,1-2H3,(H2,20,22)(H,21,25). The first-order valence-corrected chi connectivity index (χ1v) is 9.39. The van der Waals surface area contributed by atoms with Crippen molar-refractivity contribution in [3.05, 3.63) is 42.3 Å². The molecular formula is C19H28N4OS. The molecule has 0 amide bonds. The van der Waals surface area contributed by atoms with E-state index in [1.54, 1.807) is 5.01 Å². The lowest BCUT2D eigenvalue weighted by molar-refractivity contribution is 0.197. The fourth-order valence-corrected chi connectivity index (χ4v) is 2.71. The third-order valence-electron chi connectivity index (χ3n) is 3.91. The molecule has 1 atom stereocenters. The summed E-state index contributed by atoms with van der Waals surface area (Å²) in [4.78, 5) is 0.694. The number of benzene rings is 1. The summed E-state index contributed by atoms with van der Waals surface area (Å²) in [5.41, 5.74) is 7.12. The number of nitrogens with two attached hydrogens (primary N) is 1. The molecular weight excluding hydrogens is 332 g/mol. The zero-order valence-electron chi connectivity index (χ0n) is 15.1. The van der Waals surface area contributed by atoms with Crippen molar-refractivity contribution >= 4 is 28.7 Å². The number of ether oxygens (including phenoxy) is 1. The van der Waals surface area contributed by atoms with Crippen LogP contribution in [0.5, 0.6) is 0 Å². The van der Waals surface area contributed by atoms with Crippen LogP contribution < -0.4 is 16.1 Å². The Morgan fingerprint density at radius 1 is 1.24 bits per heavy atom. The molecule has 2 rings (SSSR count). The molecule has 0 aromatic heterocycles. The number of nitrogens with one attached hydrogen (secondary N) is 1. The summed E-state index contributed by atoms with van der Waals surface area (Å²) >= 11 is 5.52. The van der Waals surface area contributed by atoms with Gasteiger partial charge in [0.05, 0.1) is 23.2 Å². The molecule has 1 aliphatic rings. The predicted molar refractivity (Wildman–Crippen MR) is 108 cm³/mol. The minimum atomic E-state index is -0.233. The van der Waals surface area contributed by atoms with Gasteiger partial charge in [0.2, 0.25) is 5.88 Å². The Bertz CT molecular complexity index is 615. The van der Waals surface area contributed by atoms with Gasteiger partial charge in [-0.1, -0.05) is 57.1 Å². The Morgan fingerprint density at radius 3 is 2.64 bits per heavy atom. The van der Waals surface area contributed by atoms with Gasteiger partial charge in [-0.3, -0.25) is 0 Å². The van der Waals surface area contributed by atoms with Crippen molar-refractivity contribution < 1.29 is 4.74 Å². The molecule has 1 aliphatic heterocycles. The molecule has 0 radical (unpaired) electrons. The maximum Gasteiger partial charge on any atom is 0.212 e. The zero-order valence-corrected chi connectivity index (χ0v) is 15.9. The van der Waals surface area contributed by atoms with E-state index in [1.807, 2.05) is 36.4 Å². The number of hydrazone groups is 1. The first-order chi connectivity index (χ1) is 12.2. The van der Waals surface area contributed by atoms with Crippen LogP contribution in [0.25, 0.3) is 0 Å². The minimum Gasteiger partial charge on any atom is -0.478 e. The maximum absolute atomic E-state index is 6.21. The molecule has 0 bridgehead atoms. The van der Waals surface area contributed by atoms with Crippen molar-refractivity contribution in [3.8, 4) is 0 Å². The molecule has 5 nitrogen and oxygen atoms in total. The van der Waals surface area contributed by atoms with Gasteiger partial charge in [-0.05, 0) is 31.1 Å². The van der Waals surface area contributed by atoms with Crippen LogP contribution in [-0.2, 0) is 4.74 Å². The third kappa shape index (κ3) is 5.46. The first kappa shape index (κ1) is 19.2. The van der Waals surface area contributed by atoms with Crippen LogP contribution in [0.4, 0.5) is 5.69 Å². The molecule has 0 spiro atoms. The van der Waals surface area contributed by atoms with E-state index in [2.05, 4.69) is 24.3 Å². The Morgan fingerprint density at radius 2 is 1.96 bits per heavy atom. The van der Waals surface area contributed by atoms with E-state index in [9.17, 15) is 0 Å². The molecule has 6 heteroatoms. The number of thiocarbonyl (C=S) groups is 1. The minimum absolute atomic E-state index is 0.233. The van der Waals surface area contributed by atoms with Crippen LogP contribution >= 0.6 is 12.2 Å². The zero-order chi connectivity index (χ0) is 18.1. The van der Waals surface area contributed by atoms with Crippen molar-refractivity contribution in [2.45, 2.75) is 39.5 Å². The van der Waals surface area contributed by atoms with Gasteiger partial charge in [0.1, 0.15) is 5.84 Å². The van der Waals surface area contributed by atoms with Gasteiger partial charge in [-0.15, -0.1) is 0 Å². The Kier molecular flexibility index (Phi) is 7.73. The molecule has 1 aromatic carbocycles. The molecule has 0 fully saturated rings. The topological polar surface area (TPSA) is 62.9 Å². The van der Waals surface area contributed by atoms with E-state index in [0.29, 0.717) is 23.3 Å². The smallest absolute Gasteiger partial charge is 0.212 e. The number of para-hydroxylation sites is 1. The van der Waals surface area contributed by atoms with Crippen molar-refractivity contribution in [2.75, 3.05) is 18.2 Å². The Balaban J connectivity index is 2.19. The highest BCUT2D eigenvalue weighted by Crippen LogP contribution is 2.26. The summed E-state index contributed by atoms with van der Waals surface area (Å²) in [6, 6.07) is 9.86. The number of unbranched alkanes of at least 4 members (excludes halogenated alkanes) is 2. The summed E-state index contributed by atoms with van der Waals surface area (Å²) in [5, 5.41) is 9.57. The molecule has 0 aliphatic carbocycles. The Hall–Kier alpha value is -2.08. The van der Waals surface area contributed by atoms with E-state index in [4.69, 9.17) is 22.7 Å². The molecule has 0 saturated carbocycles. The van der Waals surface area contributed by atoms with Gasteiger partial charge in [-0.2, -0.15) is 10.1 Å². The van der Waals surface area contributed by atoms with Crippen molar-refractivity contribution in [2.24, 2.45) is 16.8 Å². The van der Waals surface area contributed by atoms with Gasteiger partial charge >= 0.3 is 0 Å². The SMILES string of the molecule is CCCCNC(=S)C1C=C(OCCCC)N(c2ccccc2)N=C1N. The average molecular weight is 361 g/mol. The van der Waals surface area contributed by atoms with Crippen LogP contribution in [0.3, 0.4) is 0 Å². The summed E-state index contributed by atoms with van der Waals surface area (Å²) in [5.74, 6) is 0.919. The largest absolute Gasteiger partial charge is 0.478 e. The number of nitrogens with zero attached hydrogens (tertiary/aromatic N) is 2. The lowest BCUT2D eigenvalue weighted by atomic mass is 10.1. The van der Waals surface area contributed by atoms with Crippen molar-refractivity contribution in [1.29, 1.82) is 0 Å². The van der Waals surface area contributed by atoms with Crippen LogP contribution in [0.2, 0.25) is 0 Å². The van der Waals surface area contributed by atoms with Crippen LogP contribution in [0.1, 0.15) is 39.5 Å². The summed E-state index contributed by atoms with van der Waals surface area (Å²) in [6.45, 7) is 5.78. The monoisotopic (exact) mass is 360 g/mol. The van der Waals surface area contributed by atoms with Gasteiger partial charge in [-0.25, -0.2) is 0 Å². The van der Waals surface area contributed by atoms with Crippen LogP contribution in [-0.4, -0.2) is 24.0 Å². The fourth-order valence-electron chi connectivity index (χ4n) is 2.42. The Labute approximate surface area is 155 Å². The highest BCUT2D eigenvalue weighted by molar-refractivity contribution is 7.80. The predicted octanol–water partition coefficient (Wildman–Crippen LogP) is 3.77. The van der Waals surface area contributed by atoms with Crippen molar-refractivity contribution in [3.63, 3.8) is 0 Å². The molecule has 1 heterocycles. The third-order valence-corrected chi connectivity index (χ3v) is 4.31. The van der Waals surface area contributed by atoms with Crippen LogP contribution in [0, 0.1) is 5.92 Å². The van der Waals surface area contributed by atoms with Gasteiger partial charge in [0.25, 0.3) is 0 Å². The van der Waals surface area contributed by atoms with Crippen molar-refractivity contribution in [1.82, 2.24) is 5.32 Å². The summed E-state index contributed by atoms with van der Waals surface area (Å²) < 4.78 is 5.98. The number of anilines is 1. The number of hydrogen-bond acceptors (Lipinski definition) is 5. The van der Waals surface area contributed by atoms with E-state index in [1.165, 1.54) is 0 Å². The molecule has 25 heavy (non-hydrogen) atoms. The molecule has 1 unspecified atom stereocenters. The highest BCUT2D eigenvalue weighted by atomic mass is 32.1. The first-order valence-electron chi connectivity index (χ1n) is 8.98. The lowest BCUT2D eigenvalue weighted by Crippen LogP contribution is -2.42. The average Bonchev–Trinajstić information content (AvgIpc) is 2.63. The van der Waals surface area contributed by atoms with E-state index in [0.717, 1.165) is 37.9 Å².